The highest BCUT2D eigenvalue weighted by Crippen LogP contribution is 2.24. The molecule has 0 unspecified atom stereocenters. The van der Waals surface area contributed by atoms with Crippen molar-refractivity contribution in [2.75, 3.05) is 0 Å². The molecule has 0 fully saturated rings. The molecule has 13 heavy (non-hydrogen) atoms. The van der Waals surface area contributed by atoms with Crippen molar-refractivity contribution in [1.82, 2.24) is 0 Å². The van der Waals surface area contributed by atoms with Crippen molar-refractivity contribution in [2.24, 2.45) is 10.8 Å². The van der Waals surface area contributed by atoms with Gasteiger partial charge >= 0.3 is 0 Å². The first-order chi connectivity index (χ1) is 5.63. The van der Waals surface area contributed by atoms with Gasteiger partial charge in [0.05, 0.1) is 0 Å². The molecule has 0 heteroatoms. The van der Waals surface area contributed by atoms with E-state index in [0.29, 0.717) is 5.41 Å². The van der Waals surface area contributed by atoms with Crippen molar-refractivity contribution in [1.29, 1.82) is 0 Å². The molecule has 0 aliphatic carbocycles. The second-order valence-corrected chi connectivity index (χ2v) is 5.82. The predicted molar refractivity (Wildman–Crippen MR) is 61.8 cm³/mol. The summed E-state index contributed by atoms with van der Waals surface area (Å²) >= 11 is 0. The maximum absolute atomic E-state index is 2.24. The van der Waals surface area contributed by atoms with E-state index in [9.17, 15) is 0 Å². The quantitative estimate of drug-likeness (QED) is 0.518. The van der Waals surface area contributed by atoms with E-state index in [1.54, 1.807) is 0 Å². The van der Waals surface area contributed by atoms with Gasteiger partial charge in [0, 0.05) is 0 Å². The monoisotopic (exact) mass is 180 g/mol. The Morgan fingerprint density at radius 1 is 0.923 bits per heavy atom. The van der Waals surface area contributed by atoms with Crippen LogP contribution < -0.4 is 0 Å². The largest absolute Gasteiger partial charge is 0.0791 e. The first-order valence-electron chi connectivity index (χ1n) is 4.99. The lowest BCUT2D eigenvalue weighted by atomic mass is 9.87. The van der Waals surface area contributed by atoms with E-state index in [1.807, 2.05) is 0 Å². The van der Waals surface area contributed by atoms with Gasteiger partial charge in [0.15, 0.2) is 0 Å². The average molecular weight is 180 g/mol. The second-order valence-electron chi connectivity index (χ2n) is 5.82. The minimum Gasteiger partial charge on any atom is -0.0791 e. The summed E-state index contributed by atoms with van der Waals surface area (Å²) in [5.74, 6) is 0. The number of hydrogen-bond acceptors (Lipinski definition) is 0. The van der Waals surface area contributed by atoms with Crippen LogP contribution in [0.15, 0.2) is 23.8 Å². The number of rotatable bonds is 1. The lowest BCUT2D eigenvalue weighted by Gasteiger charge is -2.19. The Hall–Kier alpha value is -0.520. The highest BCUT2D eigenvalue weighted by molar-refractivity contribution is 5.16. The average Bonchev–Trinajstić information content (AvgIpc) is 1.82. The Morgan fingerprint density at radius 3 is 1.69 bits per heavy atom. The Labute approximate surface area is 83.7 Å². The molecule has 0 rings (SSSR count). The van der Waals surface area contributed by atoms with Crippen LogP contribution in [0.4, 0.5) is 0 Å². The summed E-state index contributed by atoms with van der Waals surface area (Å²) in [5.41, 5.74) is 2.00. The first kappa shape index (κ1) is 12.5. The molecule has 0 aromatic rings. The Kier molecular flexibility index (Phi) is 3.96. The molecule has 0 nitrogen and oxygen atoms in total. The number of hydrogen-bond donors (Lipinski definition) is 0. The minimum atomic E-state index is 0.286. The smallest absolute Gasteiger partial charge is 0.0173 e. The van der Waals surface area contributed by atoms with E-state index in [4.69, 9.17) is 0 Å². The summed E-state index contributed by atoms with van der Waals surface area (Å²) in [6, 6.07) is 0. The molecule has 0 amide bonds. The number of allylic oxidation sites excluding steroid dienone is 4. The van der Waals surface area contributed by atoms with Gasteiger partial charge in [-0.3, -0.25) is 0 Å². The molecular weight excluding hydrogens is 156 g/mol. The first-order valence-corrected chi connectivity index (χ1v) is 4.99. The van der Waals surface area contributed by atoms with E-state index >= 15 is 0 Å². The van der Waals surface area contributed by atoms with E-state index in [1.165, 1.54) is 5.57 Å². The zero-order valence-electron chi connectivity index (χ0n) is 10.2. The topological polar surface area (TPSA) is 0 Å². The van der Waals surface area contributed by atoms with Gasteiger partial charge in [-0.2, -0.15) is 0 Å². The van der Waals surface area contributed by atoms with Gasteiger partial charge in [0.25, 0.3) is 0 Å². The highest BCUT2D eigenvalue weighted by Gasteiger charge is 2.11. The molecule has 0 aliphatic rings. The van der Waals surface area contributed by atoms with Gasteiger partial charge in [0.1, 0.15) is 0 Å². The fourth-order valence-corrected chi connectivity index (χ4v) is 0.731. The lowest BCUT2D eigenvalue weighted by molar-refractivity contribution is 0.503. The molecule has 0 aromatic carbocycles. The van der Waals surface area contributed by atoms with Crippen LogP contribution in [-0.4, -0.2) is 0 Å². The van der Waals surface area contributed by atoms with Crippen molar-refractivity contribution in [2.45, 2.75) is 48.5 Å². The van der Waals surface area contributed by atoms with Crippen LogP contribution in [0, 0.1) is 10.8 Å². The van der Waals surface area contributed by atoms with Crippen molar-refractivity contribution in [3.63, 3.8) is 0 Å². The van der Waals surface area contributed by atoms with Crippen LogP contribution in [0.25, 0.3) is 0 Å². The molecule has 0 aliphatic heterocycles. The van der Waals surface area contributed by atoms with Crippen molar-refractivity contribution in [3.8, 4) is 0 Å². The van der Waals surface area contributed by atoms with Gasteiger partial charge in [0.2, 0.25) is 0 Å². The summed E-state index contributed by atoms with van der Waals surface area (Å²) in [6.07, 6.45) is 6.62. The predicted octanol–water partition coefficient (Wildman–Crippen LogP) is 4.58. The van der Waals surface area contributed by atoms with E-state index < -0.39 is 0 Å². The molecule has 0 spiro atoms. The molecule has 0 saturated heterocycles. The van der Waals surface area contributed by atoms with Gasteiger partial charge in [-0.15, -0.1) is 0 Å². The molecule has 0 heterocycles. The molecule has 0 aromatic heterocycles. The van der Waals surface area contributed by atoms with Crippen molar-refractivity contribution < 1.29 is 0 Å². The summed E-state index contributed by atoms with van der Waals surface area (Å²) in [7, 11) is 0. The van der Waals surface area contributed by atoms with Crippen molar-refractivity contribution >= 4 is 0 Å². The normalized spacial score (nSPS) is 15.5. The summed E-state index contributed by atoms with van der Waals surface area (Å²) in [6.45, 7) is 15.5. The maximum atomic E-state index is 2.24. The van der Waals surface area contributed by atoms with Crippen LogP contribution in [0.2, 0.25) is 0 Å². The fourth-order valence-electron chi connectivity index (χ4n) is 0.731. The SMILES string of the molecule is C/C(=C/C=C\C(C)(C)C)C(C)(C)C. The van der Waals surface area contributed by atoms with E-state index in [2.05, 4.69) is 66.7 Å². The summed E-state index contributed by atoms with van der Waals surface area (Å²) in [5, 5.41) is 0. The molecule has 0 bridgehead atoms. The second kappa shape index (κ2) is 4.13. The Morgan fingerprint density at radius 2 is 1.38 bits per heavy atom. The van der Waals surface area contributed by atoms with Gasteiger partial charge in [-0.05, 0) is 17.8 Å². The molecule has 76 valence electrons. The zero-order valence-corrected chi connectivity index (χ0v) is 10.2. The maximum Gasteiger partial charge on any atom is -0.0173 e. The molecule has 0 atom stereocenters. The van der Waals surface area contributed by atoms with Gasteiger partial charge in [-0.1, -0.05) is 65.3 Å². The Balaban J connectivity index is 4.37. The minimum absolute atomic E-state index is 0.286. The third-order valence-electron chi connectivity index (χ3n) is 2.13. The van der Waals surface area contributed by atoms with Crippen molar-refractivity contribution in [3.05, 3.63) is 23.8 Å². The highest BCUT2D eigenvalue weighted by atomic mass is 14.2. The third-order valence-corrected chi connectivity index (χ3v) is 2.13. The molecule has 0 radical (unpaired) electrons. The summed E-state index contributed by atoms with van der Waals surface area (Å²) in [4.78, 5) is 0. The van der Waals surface area contributed by atoms with Gasteiger partial charge < -0.3 is 0 Å². The van der Waals surface area contributed by atoms with Crippen LogP contribution >= 0.6 is 0 Å². The van der Waals surface area contributed by atoms with E-state index in [0.717, 1.165) is 0 Å². The van der Waals surface area contributed by atoms with Crippen LogP contribution in [0.3, 0.4) is 0 Å². The molecule has 0 N–H and O–H groups in total. The third kappa shape index (κ3) is 6.62. The van der Waals surface area contributed by atoms with Crippen LogP contribution in [-0.2, 0) is 0 Å². The standard InChI is InChI=1S/C13H24/c1-11(13(5,6)7)9-8-10-12(2,3)4/h8-10H,1-7H3/b10-8-,11-9-. The van der Waals surface area contributed by atoms with Gasteiger partial charge in [-0.25, -0.2) is 0 Å². The molecule has 0 saturated carbocycles. The van der Waals surface area contributed by atoms with Crippen LogP contribution in [0.5, 0.6) is 0 Å². The Bertz CT molecular complexity index is 203. The molecular formula is C13H24. The lowest BCUT2D eigenvalue weighted by Crippen LogP contribution is -2.06. The zero-order chi connectivity index (χ0) is 10.7. The fraction of sp³-hybridized carbons (Fsp3) is 0.692. The van der Waals surface area contributed by atoms with Crippen LogP contribution in [0.1, 0.15) is 48.5 Å². The summed E-state index contributed by atoms with van der Waals surface area (Å²) < 4.78 is 0. The van der Waals surface area contributed by atoms with E-state index in [-0.39, 0.29) is 5.41 Å².